The van der Waals surface area contributed by atoms with E-state index in [1.165, 1.54) is 11.1 Å². The Hall–Kier alpha value is -6.39. The zero-order valence-electron chi connectivity index (χ0n) is 26.7. The van der Waals surface area contributed by atoms with E-state index in [0.717, 1.165) is 61.7 Å². The Bertz CT molecular complexity index is 2510. The summed E-state index contributed by atoms with van der Waals surface area (Å²) in [6.07, 6.45) is 9.71. The van der Waals surface area contributed by atoms with Gasteiger partial charge in [-0.3, -0.25) is 0 Å². The molecule has 0 aliphatic heterocycles. The van der Waals surface area contributed by atoms with E-state index in [1.54, 1.807) is 0 Å². The molecule has 0 N–H and O–H groups in total. The van der Waals surface area contributed by atoms with Crippen LogP contribution in [0.1, 0.15) is 17.9 Å². The van der Waals surface area contributed by atoms with Gasteiger partial charge in [-0.2, -0.15) is 0 Å². The van der Waals surface area contributed by atoms with Crippen LogP contribution in [0.25, 0.3) is 78.4 Å². The third-order valence-corrected chi connectivity index (χ3v) is 9.26. The van der Waals surface area contributed by atoms with Crippen molar-refractivity contribution in [1.82, 2.24) is 15.0 Å². The molecule has 0 radical (unpaired) electrons. The molecule has 1 aliphatic carbocycles. The maximum absolute atomic E-state index is 6.26. The van der Waals surface area contributed by atoms with Crippen molar-refractivity contribution in [3.05, 3.63) is 175 Å². The van der Waals surface area contributed by atoms with Crippen molar-refractivity contribution in [1.29, 1.82) is 0 Å². The van der Waals surface area contributed by atoms with Crippen molar-refractivity contribution in [2.45, 2.75) is 12.3 Å². The Balaban J connectivity index is 1.26. The summed E-state index contributed by atoms with van der Waals surface area (Å²) in [5.74, 6) is 2.13. The lowest BCUT2D eigenvalue weighted by molar-refractivity contribution is 0.669. The lowest BCUT2D eigenvalue weighted by Crippen LogP contribution is -2.02. The molecule has 4 heteroatoms. The van der Waals surface area contributed by atoms with E-state index in [1.807, 2.05) is 36.4 Å². The first-order valence-electron chi connectivity index (χ1n) is 16.6. The Labute approximate surface area is 284 Å². The standard InChI is InChI=1S/C45H31N3O/c1-4-13-30(14-5-1)33-23-25-34(26-24-33)43-46-44(48-45(47-43)39-20-12-22-41-42(39)38-19-10-11-21-40(38)49-41)37-28-35(31-15-6-2-7-16-31)27-36(29-37)32-17-8-3-9-18-32/h1-17,19-29,32H,18H2. The fourth-order valence-corrected chi connectivity index (χ4v) is 6.78. The average Bonchev–Trinajstić information content (AvgIpc) is 3.58. The first-order chi connectivity index (χ1) is 24.3. The second-order valence-corrected chi connectivity index (χ2v) is 12.4. The fraction of sp³-hybridized carbons (Fsp3) is 0.0444. The molecule has 9 rings (SSSR count). The molecule has 49 heavy (non-hydrogen) atoms. The Kier molecular flexibility index (Phi) is 7.25. The highest BCUT2D eigenvalue weighted by molar-refractivity contribution is 6.11. The molecule has 0 bridgehead atoms. The van der Waals surface area contributed by atoms with Gasteiger partial charge in [-0.15, -0.1) is 0 Å². The molecule has 2 heterocycles. The van der Waals surface area contributed by atoms with Crippen LogP contribution in [-0.2, 0) is 0 Å². The van der Waals surface area contributed by atoms with Crippen molar-refractivity contribution >= 4 is 21.9 Å². The first-order valence-corrected chi connectivity index (χ1v) is 16.6. The van der Waals surface area contributed by atoms with Crippen molar-refractivity contribution in [2.24, 2.45) is 0 Å². The van der Waals surface area contributed by atoms with E-state index in [0.29, 0.717) is 17.5 Å². The van der Waals surface area contributed by atoms with Gasteiger partial charge in [-0.1, -0.05) is 146 Å². The third-order valence-electron chi connectivity index (χ3n) is 9.26. The van der Waals surface area contributed by atoms with Crippen LogP contribution in [-0.4, -0.2) is 15.0 Å². The largest absolute Gasteiger partial charge is 0.456 e. The quantitative estimate of drug-likeness (QED) is 0.184. The third kappa shape index (κ3) is 5.53. The summed E-state index contributed by atoms with van der Waals surface area (Å²) >= 11 is 0. The van der Waals surface area contributed by atoms with Gasteiger partial charge in [0.1, 0.15) is 11.2 Å². The van der Waals surface area contributed by atoms with Gasteiger partial charge in [-0.25, -0.2) is 15.0 Å². The van der Waals surface area contributed by atoms with E-state index >= 15 is 0 Å². The van der Waals surface area contributed by atoms with E-state index in [-0.39, 0.29) is 5.92 Å². The number of allylic oxidation sites excluding steroid dienone is 4. The number of aromatic nitrogens is 3. The van der Waals surface area contributed by atoms with Crippen molar-refractivity contribution < 1.29 is 4.42 Å². The molecule has 232 valence electrons. The predicted octanol–water partition coefficient (Wildman–Crippen LogP) is 11.7. The van der Waals surface area contributed by atoms with E-state index < -0.39 is 0 Å². The molecule has 1 unspecified atom stereocenters. The van der Waals surface area contributed by atoms with Crippen LogP contribution >= 0.6 is 0 Å². The predicted molar refractivity (Wildman–Crippen MR) is 200 cm³/mol. The monoisotopic (exact) mass is 629 g/mol. The highest BCUT2D eigenvalue weighted by Crippen LogP contribution is 2.38. The van der Waals surface area contributed by atoms with Gasteiger partial charge in [0.05, 0.1) is 0 Å². The van der Waals surface area contributed by atoms with Crippen LogP contribution in [0.15, 0.2) is 174 Å². The zero-order chi connectivity index (χ0) is 32.6. The van der Waals surface area contributed by atoms with E-state index in [4.69, 9.17) is 19.4 Å². The number of hydrogen-bond acceptors (Lipinski definition) is 4. The molecule has 6 aromatic carbocycles. The minimum absolute atomic E-state index is 0.268. The van der Waals surface area contributed by atoms with Crippen molar-refractivity contribution in [3.8, 4) is 56.4 Å². The fourth-order valence-electron chi connectivity index (χ4n) is 6.78. The number of nitrogens with zero attached hydrogens (tertiary/aromatic N) is 3. The maximum atomic E-state index is 6.26. The van der Waals surface area contributed by atoms with Crippen LogP contribution < -0.4 is 0 Å². The Morgan fingerprint density at radius 1 is 0.469 bits per heavy atom. The molecule has 0 saturated heterocycles. The lowest BCUT2D eigenvalue weighted by Gasteiger charge is -2.17. The highest BCUT2D eigenvalue weighted by Gasteiger charge is 2.19. The van der Waals surface area contributed by atoms with Crippen LogP contribution in [0.3, 0.4) is 0 Å². The molecular formula is C45H31N3O. The SMILES string of the molecule is C1=CCC(c2cc(-c3ccccc3)cc(-c3nc(-c4ccc(-c5ccccc5)cc4)nc(-c4cccc5oc6ccccc6c45)n3)c2)C=C1. The van der Waals surface area contributed by atoms with E-state index in [2.05, 4.69) is 133 Å². The minimum atomic E-state index is 0.268. The minimum Gasteiger partial charge on any atom is -0.456 e. The Morgan fingerprint density at radius 2 is 1.08 bits per heavy atom. The van der Waals surface area contributed by atoms with Gasteiger partial charge < -0.3 is 4.42 Å². The number of benzene rings is 6. The highest BCUT2D eigenvalue weighted by atomic mass is 16.3. The summed E-state index contributed by atoms with van der Waals surface area (Å²) in [5.41, 5.74) is 10.3. The molecule has 8 aromatic rings. The van der Waals surface area contributed by atoms with Gasteiger partial charge in [-0.05, 0) is 58.5 Å². The molecule has 1 atom stereocenters. The van der Waals surface area contributed by atoms with Gasteiger partial charge in [0.15, 0.2) is 17.5 Å². The summed E-state index contributed by atoms with van der Waals surface area (Å²) in [6, 6.07) is 50.4. The first kappa shape index (κ1) is 28.8. The normalized spacial score (nSPS) is 14.1. The molecule has 0 spiro atoms. The molecule has 0 saturated carbocycles. The molecule has 4 nitrogen and oxygen atoms in total. The molecule has 0 amide bonds. The summed E-state index contributed by atoms with van der Waals surface area (Å²) in [5, 5.41) is 2.04. The molecule has 0 fully saturated rings. The molecule has 1 aliphatic rings. The smallest absolute Gasteiger partial charge is 0.164 e. The van der Waals surface area contributed by atoms with Crippen LogP contribution in [0, 0.1) is 0 Å². The van der Waals surface area contributed by atoms with Crippen LogP contribution in [0.4, 0.5) is 0 Å². The number of rotatable bonds is 6. The average molecular weight is 630 g/mol. The lowest BCUT2D eigenvalue weighted by atomic mass is 9.88. The zero-order valence-corrected chi connectivity index (χ0v) is 26.7. The van der Waals surface area contributed by atoms with Gasteiger partial charge in [0.2, 0.25) is 0 Å². The Morgan fingerprint density at radius 3 is 1.84 bits per heavy atom. The number of fused-ring (bicyclic) bond motifs is 3. The molecular weight excluding hydrogens is 599 g/mol. The van der Waals surface area contributed by atoms with Crippen LogP contribution in [0.2, 0.25) is 0 Å². The summed E-state index contributed by atoms with van der Waals surface area (Å²) in [6.45, 7) is 0. The van der Waals surface area contributed by atoms with Crippen LogP contribution in [0.5, 0.6) is 0 Å². The van der Waals surface area contributed by atoms with Crippen molar-refractivity contribution in [2.75, 3.05) is 0 Å². The maximum Gasteiger partial charge on any atom is 0.164 e. The summed E-state index contributed by atoms with van der Waals surface area (Å²) in [7, 11) is 0. The second-order valence-electron chi connectivity index (χ2n) is 12.4. The number of furan rings is 1. The second kappa shape index (κ2) is 12.3. The summed E-state index contributed by atoms with van der Waals surface area (Å²) < 4.78 is 6.26. The van der Waals surface area contributed by atoms with Gasteiger partial charge in [0, 0.05) is 33.4 Å². The van der Waals surface area contributed by atoms with Gasteiger partial charge >= 0.3 is 0 Å². The molecule has 2 aromatic heterocycles. The van der Waals surface area contributed by atoms with Gasteiger partial charge in [0.25, 0.3) is 0 Å². The van der Waals surface area contributed by atoms with E-state index in [9.17, 15) is 0 Å². The van der Waals surface area contributed by atoms with Crippen molar-refractivity contribution in [3.63, 3.8) is 0 Å². The number of hydrogen-bond donors (Lipinski definition) is 0. The summed E-state index contributed by atoms with van der Waals surface area (Å²) in [4.78, 5) is 15.5. The topological polar surface area (TPSA) is 51.8 Å². The number of para-hydroxylation sites is 1.